The number of hydrogen-bond acceptors (Lipinski definition) is 6. The zero-order valence-electron chi connectivity index (χ0n) is 18.2. The van der Waals surface area contributed by atoms with E-state index in [0.29, 0.717) is 31.2 Å². The van der Waals surface area contributed by atoms with E-state index in [-0.39, 0.29) is 12.0 Å². The Bertz CT molecular complexity index is 1030. The van der Waals surface area contributed by atoms with Crippen molar-refractivity contribution in [3.8, 4) is 17.2 Å². The van der Waals surface area contributed by atoms with Gasteiger partial charge in [-0.25, -0.2) is 0 Å². The second-order valence-electron chi connectivity index (χ2n) is 7.89. The number of nitrogens with zero attached hydrogens (tertiary/aromatic N) is 4. The molecule has 0 radical (unpaired) electrons. The summed E-state index contributed by atoms with van der Waals surface area (Å²) in [6, 6.07) is 15.9. The van der Waals surface area contributed by atoms with Gasteiger partial charge in [0.05, 0.1) is 18.8 Å². The van der Waals surface area contributed by atoms with Crippen LogP contribution in [-0.4, -0.2) is 53.8 Å². The fourth-order valence-corrected chi connectivity index (χ4v) is 3.75. The van der Waals surface area contributed by atoms with Crippen molar-refractivity contribution in [1.29, 1.82) is 0 Å². The highest BCUT2D eigenvalue weighted by Crippen LogP contribution is 2.32. The number of amides is 1. The number of ether oxygens (including phenoxy) is 1. The molecule has 0 unspecified atom stereocenters. The number of anilines is 1. The van der Waals surface area contributed by atoms with Crippen molar-refractivity contribution in [3.63, 3.8) is 0 Å². The maximum Gasteiger partial charge on any atom is 0.247 e. The molecule has 0 N–H and O–H groups in total. The summed E-state index contributed by atoms with van der Waals surface area (Å²) in [5.41, 5.74) is 3.16. The fourth-order valence-electron chi connectivity index (χ4n) is 3.75. The average Bonchev–Trinajstić information content (AvgIpc) is 3.26. The third-order valence-electron chi connectivity index (χ3n) is 5.53. The van der Waals surface area contributed by atoms with E-state index in [1.54, 1.807) is 4.90 Å². The molecule has 7 heteroatoms. The lowest BCUT2D eigenvalue weighted by atomic mass is 10.1. The van der Waals surface area contributed by atoms with E-state index in [1.165, 1.54) is 5.56 Å². The van der Waals surface area contributed by atoms with Crippen LogP contribution in [0.3, 0.4) is 0 Å². The lowest BCUT2D eigenvalue weighted by Crippen LogP contribution is -2.46. The molecule has 31 heavy (non-hydrogen) atoms. The Balaban J connectivity index is 1.31. The average molecular weight is 421 g/mol. The predicted octanol–water partition coefficient (Wildman–Crippen LogP) is 3.72. The zero-order chi connectivity index (χ0) is 21.8. The number of fused-ring (bicyclic) bond motifs is 1. The summed E-state index contributed by atoms with van der Waals surface area (Å²) in [6.07, 6.45) is 0.657. The Morgan fingerprint density at radius 3 is 2.71 bits per heavy atom. The summed E-state index contributed by atoms with van der Waals surface area (Å²) in [4.78, 5) is 16.7. The maximum atomic E-state index is 12.7. The number of benzene rings is 2. The normalized spacial score (nSPS) is 15.3. The molecule has 162 valence electrons. The van der Waals surface area contributed by atoms with Gasteiger partial charge in [-0.2, -0.15) is 0 Å². The molecule has 2 heterocycles. The molecule has 0 saturated carbocycles. The maximum absolute atomic E-state index is 12.7. The van der Waals surface area contributed by atoms with Crippen molar-refractivity contribution < 1.29 is 13.9 Å². The molecule has 0 saturated heterocycles. The predicted molar refractivity (Wildman–Crippen MR) is 119 cm³/mol. The van der Waals surface area contributed by atoms with Gasteiger partial charge in [-0.1, -0.05) is 29.8 Å². The van der Waals surface area contributed by atoms with Crippen LogP contribution < -0.4 is 9.64 Å². The number of carbonyl (C=O) groups excluding carboxylic acids is 1. The summed E-state index contributed by atoms with van der Waals surface area (Å²) < 4.78 is 11.9. The van der Waals surface area contributed by atoms with Crippen LogP contribution in [0.25, 0.3) is 11.5 Å². The van der Waals surface area contributed by atoms with Gasteiger partial charge in [-0.15, -0.1) is 10.2 Å². The molecule has 7 nitrogen and oxygen atoms in total. The molecule has 0 aliphatic carbocycles. The van der Waals surface area contributed by atoms with Gasteiger partial charge in [0.2, 0.25) is 17.7 Å². The summed E-state index contributed by atoms with van der Waals surface area (Å²) in [7, 11) is 1.81. The van der Waals surface area contributed by atoms with Gasteiger partial charge < -0.3 is 19.0 Å². The summed E-state index contributed by atoms with van der Waals surface area (Å²) in [5, 5.41) is 8.19. The van der Waals surface area contributed by atoms with E-state index in [4.69, 9.17) is 9.15 Å². The first-order valence-corrected chi connectivity index (χ1v) is 10.7. The first-order chi connectivity index (χ1) is 15.0. The van der Waals surface area contributed by atoms with Gasteiger partial charge in [-0.3, -0.25) is 4.79 Å². The monoisotopic (exact) mass is 420 g/mol. The van der Waals surface area contributed by atoms with Crippen molar-refractivity contribution in [2.45, 2.75) is 32.8 Å². The highest BCUT2D eigenvalue weighted by Gasteiger charge is 2.26. The van der Waals surface area contributed by atoms with E-state index in [9.17, 15) is 4.79 Å². The van der Waals surface area contributed by atoms with Crippen LogP contribution in [-0.2, 0) is 11.2 Å². The Morgan fingerprint density at radius 1 is 1.16 bits per heavy atom. The smallest absolute Gasteiger partial charge is 0.247 e. The number of aromatic nitrogens is 2. The molecular formula is C24H28N4O3. The minimum Gasteiger partial charge on any atom is -0.485 e. The van der Waals surface area contributed by atoms with Gasteiger partial charge in [-0.05, 0) is 38.1 Å². The number of likely N-dealkylation sites (N-methyl/N-ethyl adjacent to an activating group) is 2. The van der Waals surface area contributed by atoms with Crippen LogP contribution in [0.2, 0.25) is 0 Å². The minimum atomic E-state index is -0.0691. The number of para-hydroxylation sites is 2. The van der Waals surface area contributed by atoms with Crippen molar-refractivity contribution >= 4 is 11.6 Å². The zero-order valence-corrected chi connectivity index (χ0v) is 18.2. The van der Waals surface area contributed by atoms with Gasteiger partial charge in [0.25, 0.3) is 0 Å². The fraction of sp³-hybridized carbons (Fsp3) is 0.375. The number of hydrogen-bond donors (Lipinski definition) is 0. The van der Waals surface area contributed by atoms with Crippen molar-refractivity contribution in [1.82, 2.24) is 15.1 Å². The molecule has 0 fully saturated rings. The van der Waals surface area contributed by atoms with Crippen molar-refractivity contribution in [3.05, 3.63) is 60.0 Å². The molecule has 1 aliphatic rings. The van der Waals surface area contributed by atoms with Gasteiger partial charge in [0.1, 0.15) is 11.9 Å². The summed E-state index contributed by atoms with van der Waals surface area (Å²) >= 11 is 0. The van der Waals surface area contributed by atoms with Crippen molar-refractivity contribution in [2.24, 2.45) is 0 Å². The molecule has 1 amide bonds. The summed E-state index contributed by atoms with van der Waals surface area (Å²) in [6.45, 7) is 6.34. The first kappa shape index (κ1) is 20.9. The lowest BCUT2D eigenvalue weighted by molar-refractivity contribution is -0.131. The van der Waals surface area contributed by atoms with E-state index in [2.05, 4.69) is 28.1 Å². The molecule has 1 atom stereocenters. The molecule has 3 aromatic rings. The Kier molecular flexibility index (Phi) is 6.21. The van der Waals surface area contributed by atoms with Gasteiger partial charge in [0, 0.05) is 32.0 Å². The van der Waals surface area contributed by atoms with Gasteiger partial charge >= 0.3 is 0 Å². The Morgan fingerprint density at radius 2 is 1.94 bits per heavy atom. The number of rotatable bonds is 7. The topological polar surface area (TPSA) is 71.7 Å². The molecule has 1 aliphatic heterocycles. The SMILES string of the molecule is CCN1C[C@@H](CN(C)C(=O)CCc2nnc(-c3ccc(C)cc3)o2)Oc2ccccc21. The number of carbonyl (C=O) groups is 1. The van der Waals surface area contributed by atoms with Crippen LogP contribution in [0.15, 0.2) is 52.9 Å². The third kappa shape index (κ3) is 4.87. The highest BCUT2D eigenvalue weighted by molar-refractivity contribution is 5.76. The minimum absolute atomic E-state index is 0.0283. The molecule has 0 spiro atoms. The molecule has 4 rings (SSSR count). The molecular weight excluding hydrogens is 392 g/mol. The lowest BCUT2D eigenvalue weighted by Gasteiger charge is -2.37. The van der Waals surface area contributed by atoms with Crippen LogP contribution in [0.1, 0.15) is 24.8 Å². The molecule has 2 aromatic carbocycles. The standard InChI is InChI=1S/C24H28N4O3/c1-4-28-16-19(30-21-8-6-5-7-20(21)28)15-27(3)23(29)14-13-22-25-26-24(31-22)18-11-9-17(2)10-12-18/h5-12,19H,4,13-16H2,1-3H3/t19-/m1/s1. The van der Waals surface area contributed by atoms with E-state index in [1.807, 2.05) is 56.4 Å². The first-order valence-electron chi connectivity index (χ1n) is 10.7. The highest BCUT2D eigenvalue weighted by atomic mass is 16.5. The second kappa shape index (κ2) is 9.20. The van der Waals surface area contributed by atoms with E-state index < -0.39 is 0 Å². The molecule has 1 aromatic heterocycles. The Hall–Kier alpha value is -3.35. The van der Waals surface area contributed by atoms with E-state index >= 15 is 0 Å². The third-order valence-corrected chi connectivity index (χ3v) is 5.53. The van der Waals surface area contributed by atoms with Crippen LogP contribution in [0, 0.1) is 6.92 Å². The number of aryl methyl sites for hydroxylation is 2. The van der Waals surface area contributed by atoms with Crippen LogP contribution >= 0.6 is 0 Å². The largest absolute Gasteiger partial charge is 0.485 e. The Labute approximate surface area is 182 Å². The summed E-state index contributed by atoms with van der Waals surface area (Å²) in [5.74, 6) is 1.85. The van der Waals surface area contributed by atoms with Crippen LogP contribution in [0.5, 0.6) is 5.75 Å². The molecule has 0 bridgehead atoms. The van der Waals surface area contributed by atoms with Crippen molar-refractivity contribution in [2.75, 3.05) is 31.6 Å². The second-order valence-corrected chi connectivity index (χ2v) is 7.89. The quantitative estimate of drug-likeness (QED) is 0.580. The van der Waals surface area contributed by atoms with Crippen LogP contribution in [0.4, 0.5) is 5.69 Å². The van der Waals surface area contributed by atoms with Gasteiger partial charge in [0.15, 0.2) is 0 Å². The van der Waals surface area contributed by atoms with E-state index in [0.717, 1.165) is 30.1 Å².